The number of aromatic nitrogens is 1. The van der Waals surface area contributed by atoms with Crippen LogP contribution in [0.25, 0.3) is 0 Å². The van der Waals surface area contributed by atoms with Gasteiger partial charge in [0, 0.05) is 12.0 Å². The van der Waals surface area contributed by atoms with Crippen LogP contribution in [0, 0.1) is 17.2 Å². The number of nitriles is 1. The number of ether oxygens (including phenoxy) is 3. The maximum absolute atomic E-state index is 13.2. The van der Waals surface area contributed by atoms with E-state index in [-0.39, 0.29) is 50.1 Å². The predicted molar refractivity (Wildman–Crippen MR) is 145 cm³/mol. The highest BCUT2D eigenvalue weighted by Crippen LogP contribution is 2.38. The lowest BCUT2D eigenvalue weighted by atomic mass is 10.0. The summed E-state index contributed by atoms with van der Waals surface area (Å²) in [5.74, 6) is -2.22. The second-order valence-corrected chi connectivity index (χ2v) is 10.5. The van der Waals surface area contributed by atoms with E-state index in [0.29, 0.717) is 23.7 Å². The van der Waals surface area contributed by atoms with Crippen LogP contribution in [0.15, 0.2) is 48.8 Å². The lowest BCUT2D eigenvalue weighted by Gasteiger charge is -2.22. The number of imide groups is 1. The molecule has 0 bridgehead atoms. The van der Waals surface area contributed by atoms with Crippen LogP contribution in [0.4, 0.5) is 8.78 Å². The van der Waals surface area contributed by atoms with Crippen molar-refractivity contribution in [2.24, 2.45) is 5.92 Å². The number of aromatic amines is 1. The molecule has 2 aliphatic rings. The molecular weight excluding hydrogens is 611 g/mol. The Hall–Kier alpha value is -4.31. The Labute approximate surface area is 254 Å². The van der Waals surface area contributed by atoms with Crippen LogP contribution in [0.2, 0.25) is 10.0 Å². The second-order valence-electron chi connectivity index (χ2n) is 9.72. The minimum absolute atomic E-state index is 0. The van der Waals surface area contributed by atoms with E-state index in [1.54, 1.807) is 0 Å². The molecule has 0 spiro atoms. The average Bonchev–Trinajstić information content (AvgIpc) is 3.76. The summed E-state index contributed by atoms with van der Waals surface area (Å²) in [6.07, 6.45) is 3.77. The standard InChI is InChI=1S/C29H21Cl2F2N3O6.H2O/c30-21-11-35-12-22(31)20(21)9-24(17-4-6-23(42-29(32)33)25(8-17)40-14-15-1-2-15)41-26(37)13-36-27(38)18-5-3-16(10-34)7-19(18)28(36)39;/h3-8,11-12,15,24,29H,1-2,9,13-14H2;1H2/t24-;/m0./s1. The van der Waals surface area contributed by atoms with Gasteiger partial charge in [0.15, 0.2) is 23.9 Å². The van der Waals surface area contributed by atoms with Gasteiger partial charge in [-0.05, 0) is 54.7 Å². The van der Waals surface area contributed by atoms with E-state index < -0.39 is 37.0 Å². The zero-order valence-electron chi connectivity index (χ0n) is 22.2. The van der Waals surface area contributed by atoms with E-state index in [0.717, 1.165) is 17.7 Å². The lowest BCUT2D eigenvalue weighted by molar-refractivity contribution is -0.377. The number of nitrogens with one attached hydrogen (secondary N) is 1. The number of nitrogens with zero attached hydrogens (tertiary/aromatic N) is 2. The first-order valence-corrected chi connectivity index (χ1v) is 13.6. The third kappa shape index (κ3) is 7.19. The first-order valence-electron chi connectivity index (χ1n) is 12.8. The van der Waals surface area contributed by atoms with Crippen LogP contribution in [0.5, 0.6) is 11.5 Å². The zero-order chi connectivity index (χ0) is 30.0. The normalized spacial score (nSPS) is 14.6. The number of hydrogen-bond acceptors (Lipinski definition) is 8. The van der Waals surface area contributed by atoms with Crippen LogP contribution in [0.3, 0.4) is 0 Å². The average molecular weight is 634 g/mol. The number of hydrogen-bond donors (Lipinski definition) is 0. The number of H-pyrrole nitrogens is 1. The molecule has 1 fully saturated rings. The maximum atomic E-state index is 13.2. The van der Waals surface area contributed by atoms with E-state index in [9.17, 15) is 23.2 Å². The van der Waals surface area contributed by atoms with Crippen molar-refractivity contribution in [2.75, 3.05) is 13.2 Å². The van der Waals surface area contributed by atoms with Crippen molar-refractivity contribution in [1.82, 2.24) is 4.90 Å². The summed E-state index contributed by atoms with van der Waals surface area (Å²) in [6.45, 7) is -3.51. The number of fused-ring (bicyclic) bond motifs is 1. The lowest BCUT2D eigenvalue weighted by Crippen LogP contribution is -2.36. The Morgan fingerprint density at radius 2 is 1.74 bits per heavy atom. The number of pyridine rings is 1. The fourth-order valence-corrected chi connectivity index (χ4v) is 4.97. The zero-order valence-corrected chi connectivity index (χ0v) is 23.7. The van der Waals surface area contributed by atoms with Gasteiger partial charge < -0.3 is 19.7 Å². The molecule has 43 heavy (non-hydrogen) atoms. The summed E-state index contributed by atoms with van der Waals surface area (Å²) in [5.41, 5.74) is 1.03. The summed E-state index contributed by atoms with van der Waals surface area (Å²) < 4.78 is 42.3. The molecule has 2 heterocycles. The third-order valence-corrected chi connectivity index (χ3v) is 7.45. The SMILES string of the molecule is N#Cc1ccc2c(c1)C(=O)N(CC(=O)O[C@@H](Cc1c(Cl)c[nH+]cc1Cl)c1ccc(OC(F)F)c(OCC3CC3)c1)C2=O.[OH-]. The monoisotopic (exact) mass is 633 g/mol. The van der Waals surface area contributed by atoms with Crippen molar-refractivity contribution in [3.05, 3.63) is 86.7 Å². The molecule has 14 heteroatoms. The molecule has 1 aliphatic heterocycles. The Morgan fingerprint density at radius 1 is 1.05 bits per heavy atom. The molecule has 0 radical (unpaired) electrons. The number of benzene rings is 2. The summed E-state index contributed by atoms with van der Waals surface area (Å²) >= 11 is 12.7. The fraction of sp³-hybridized carbons (Fsp3) is 0.276. The number of carbonyl (C=O) groups is 3. The molecule has 2 amide bonds. The molecule has 1 saturated carbocycles. The molecule has 224 valence electrons. The van der Waals surface area contributed by atoms with Crippen LogP contribution in [-0.4, -0.2) is 47.9 Å². The number of alkyl halides is 2. The van der Waals surface area contributed by atoms with E-state index in [4.69, 9.17) is 37.9 Å². The van der Waals surface area contributed by atoms with Crippen molar-refractivity contribution < 1.29 is 47.8 Å². The van der Waals surface area contributed by atoms with Gasteiger partial charge in [-0.15, -0.1) is 0 Å². The third-order valence-electron chi connectivity index (χ3n) is 6.77. The molecule has 10 nitrogen and oxygen atoms in total. The molecular formula is C29H23Cl2F2N3O7. The number of esters is 1. The van der Waals surface area contributed by atoms with Crippen molar-refractivity contribution >= 4 is 41.0 Å². The highest BCUT2D eigenvalue weighted by molar-refractivity contribution is 6.35. The van der Waals surface area contributed by atoms with Crippen molar-refractivity contribution in [3.8, 4) is 17.6 Å². The van der Waals surface area contributed by atoms with Crippen LogP contribution >= 0.6 is 23.2 Å². The molecule has 1 atom stereocenters. The largest absolute Gasteiger partial charge is 0.870 e. The molecule has 0 saturated heterocycles. The summed E-state index contributed by atoms with van der Waals surface area (Å²) in [5, 5.41) is 9.63. The molecule has 3 aromatic rings. The molecule has 5 rings (SSSR count). The highest BCUT2D eigenvalue weighted by Gasteiger charge is 2.38. The van der Waals surface area contributed by atoms with E-state index in [1.807, 2.05) is 6.07 Å². The fourth-order valence-electron chi connectivity index (χ4n) is 4.44. The van der Waals surface area contributed by atoms with Crippen LogP contribution in [0.1, 0.15) is 56.4 Å². The van der Waals surface area contributed by atoms with E-state index >= 15 is 0 Å². The van der Waals surface area contributed by atoms with Crippen molar-refractivity contribution in [1.29, 1.82) is 5.26 Å². The van der Waals surface area contributed by atoms with Gasteiger partial charge in [0.2, 0.25) is 0 Å². The van der Waals surface area contributed by atoms with Gasteiger partial charge in [-0.1, -0.05) is 29.3 Å². The van der Waals surface area contributed by atoms with Gasteiger partial charge in [0.25, 0.3) is 11.8 Å². The Balaban J connectivity index is 0.00000423. The van der Waals surface area contributed by atoms with Gasteiger partial charge in [-0.25, -0.2) is 4.98 Å². The van der Waals surface area contributed by atoms with Crippen LogP contribution < -0.4 is 14.5 Å². The molecule has 1 aliphatic carbocycles. The van der Waals surface area contributed by atoms with E-state index in [2.05, 4.69) is 9.72 Å². The first kappa shape index (κ1) is 31.6. The number of amides is 2. The van der Waals surface area contributed by atoms with Gasteiger partial charge in [0.05, 0.1) is 29.4 Å². The number of rotatable bonds is 11. The summed E-state index contributed by atoms with van der Waals surface area (Å²) in [7, 11) is 0. The van der Waals surface area contributed by atoms with Gasteiger partial charge in [-0.3, -0.25) is 19.3 Å². The summed E-state index contributed by atoms with van der Waals surface area (Å²) in [4.78, 5) is 42.5. The smallest absolute Gasteiger partial charge is 0.387 e. The first-order chi connectivity index (χ1) is 20.1. The quantitative estimate of drug-likeness (QED) is 0.211. The van der Waals surface area contributed by atoms with Crippen molar-refractivity contribution in [2.45, 2.75) is 32.0 Å². The predicted octanol–water partition coefficient (Wildman–Crippen LogP) is 5.02. The van der Waals surface area contributed by atoms with Gasteiger partial charge in [-0.2, -0.15) is 14.0 Å². The van der Waals surface area contributed by atoms with E-state index in [1.165, 1.54) is 48.8 Å². The molecule has 1 aromatic heterocycles. The Morgan fingerprint density at radius 3 is 2.40 bits per heavy atom. The number of halogens is 4. The topological polar surface area (TPSA) is 150 Å². The summed E-state index contributed by atoms with van der Waals surface area (Å²) in [6, 6.07) is 10.1. The minimum Gasteiger partial charge on any atom is -0.870 e. The molecule has 0 unspecified atom stereocenters. The highest BCUT2D eigenvalue weighted by atomic mass is 35.5. The minimum atomic E-state index is -3.09. The Bertz CT molecular complexity index is 1590. The molecule has 2 aromatic carbocycles. The van der Waals surface area contributed by atoms with Gasteiger partial charge >= 0.3 is 12.6 Å². The Kier molecular flexibility index (Phi) is 9.80. The van der Waals surface area contributed by atoms with Crippen molar-refractivity contribution in [3.63, 3.8) is 0 Å². The maximum Gasteiger partial charge on any atom is 0.387 e. The second kappa shape index (κ2) is 13.3. The van der Waals surface area contributed by atoms with Crippen LogP contribution in [-0.2, 0) is 16.0 Å². The number of carbonyl (C=O) groups excluding carboxylic acids is 3. The van der Waals surface area contributed by atoms with Gasteiger partial charge in [0.1, 0.15) is 22.7 Å². The molecule has 2 N–H and O–H groups in total.